The second-order valence-electron chi connectivity index (χ2n) is 5.56. The Morgan fingerprint density at radius 1 is 1.19 bits per heavy atom. The van der Waals surface area contributed by atoms with Gasteiger partial charge in [-0.2, -0.15) is 0 Å². The highest BCUT2D eigenvalue weighted by Gasteiger charge is 2.11. The molecule has 0 saturated carbocycles. The summed E-state index contributed by atoms with van der Waals surface area (Å²) < 4.78 is 5.84. The highest BCUT2D eigenvalue weighted by Crippen LogP contribution is 2.28. The van der Waals surface area contributed by atoms with E-state index in [2.05, 4.69) is 31.0 Å². The monoisotopic (exact) mass is 280 g/mol. The second-order valence-corrected chi connectivity index (χ2v) is 5.56. The van der Waals surface area contributed by atoms with Crippen LogP contribution in [0.4, 0.5) is 5.69 Å². The predicted octanol–water partition coefficient (Wildman–Crippen LogP) is 4.98. The number of benzene rings is 2. The average molecular weight is 280 g/mol. The van der Waals surface area contributed by atoms with Crippen LogP contribution in [0.3, 0.4) is 0 Å². The van der Waals surface area contributed by atoms with E-state index in [0.29, 0.717) is 17.5 Å². The minimum Gasteiger partial charge on any atom is -0.436 e. The molecule has 0 fully saturated rings. The van der Waals surface area contributed by atoms with Crippen molar-refractivity contribution in [1.29, 1.82) is 0 Å². The van der Waals surface area contributed by atoms with Gasteiger partial charge in [-0.15, -0.1) is 0 Å². The van der Waals surface area contributed by atoms with Gasteiger partial charge in [0.15, 0.2) is 5.58 Å². The zero-order valence-electron chi connectivity index (χ0n) is 12.5. The van der Waals surface area contributed by atoms with E-state index in [1.165, 1.54) is 18.4 Å². The van der Waals surface area contributed by atoms with Crippen LogP contribution in [0.25, 0.3) is 22.6 Å². The molecule has 1 heterocycles. The van der Waals surface area contributed by atoms with Crippen LogP contribution < -0.4 is 5.73 Å². The van der Waals surface area contributed by atoms with Gasteiger partial charge >= 0.3 is 0 Å². The lowest BCUT2D eigenvalue weighted by atomic mass is 9.96. The van der Waals surface area contributed by atoms with Crippen molar-refractivity contribution >= 4 is 16.8 Å². The van der Waals surface area contributed by atoms with Gasteiger partial charge in [-0.3, -0.25) is 0 Å². The maximum Gasteiger partial charge on any atom is 0.227 e. The molecule has 2 N–H and O–H groups in total. The summed E-state index contributed by atoms with van der Waals surface area (Å²) >= 11 is 0. The molecule has 0 aliphatic heterocycles. The van der Waals surface area contributed by atoms with Crippen LogP contribution in [0.5, 0.6) is 0 Å². The van der Waals surface area contributed by atoms with Crippen LogP contribution in [0, 0.1) is 0 Å². The molecule has 0 aliphatic carbocycles. The van der Waals surface area contributed by atoms with E-state index >= 15 is 0 Å². The number of oxazole rings is 1. The first-order valence-corrected chi connectivity index (χ1v) is 7.43. The lowest BCUT2D eigenvalue weighted by Gasteiger charge is -2.09. The number of nitrogens with two attached hydrogens (primary N) is 1. The summed E-state index contributed by atoms with van der Waals surface area (Å²) in [5, 5.41) is 0. The van der Waals surface area contributed by atoms with Gasteiger partial charge in [-0.25, -0.2) is 4.98 Å². The van der Waals surface area contributed by atoms with Crippen molar-refractivity contribution in [2.75, 3.05) is 5.73 Å². The first-order chi connectivity index (χ1) is 10.2. The molecule has 3 nitrogen and oxygen atoms in total. The van der Waals surface area contributed by atoms with E-state index in [0.717, 1.165) is 16.7 Å². The van der Waals surface area contributed by atoms with Crippen LogP contribution >= 0.6 is 0 Å². The van der Waals surface area contributed by atoms with Crippen molar-refractivity contribution in [2.45, 2.75) is 32.6 Å². The molecule has 1 atom stereocenters. The van der Waals surface area contributed by atoms with Crippen LogP contribution in [0.1, 0.15) is 38.2 Å². The molecule has 0 amide bonds. The maximum absolute atomic E-state index is 5.84. The highest BCUT2D eigenvalue weighted by atomic mass is 16.3. The van der Waals surface area contributed by atoms with Crippen molar-refractivity contribution in [2.24, 2.45) is 0 Å². The van der Waals surface area contributed by atoms with Gasteiger partial charge in [0.25, 0.3) is 0 Å². The molecule has 0 unspecified atom stereocenters. The fourth-order valence-electron chi connectivity index (χ4n) is 2.65. The molecule has 3 rings (SSSR count). The summed E-state index contributed by atoms with van der Waals surface area (Å²) in [4.78, 5) is 4.61. The summed E-state index contributed by atoms with van der Waals surface area (Å²) in [5.41, 5.74) is 10.5. The first-order valence-electron chi connectivity index (χ1n) is 7.43. The van der Waals surface area contributed by atoms with E-state index in [9.17, 15) is 0 Å². The van der Waals surface area contributed by atoms with E-state index < -0.39 is 0 Å². The number of hydrogen-bond acceptors (Lipinski definition) is 3. The molecule has 3 aromatic rings. The third-order valence-corrected chi connectivity index (χ3v) is 3.84. The minimum absolute atomic E-state index is 0.548. The van der Waals surface area contributed by atoms with Crippen LogP contribution in [0.2, 0.25) is 0 Å². The van der Waals surface area contributed by atoms with Gasteiger partial charge in [0, 0.05) is 11.3 Å². The zero-order valence-corrected chi connectivity index (χ0v) is 12.5. The van der Waals surface area contributed by atoms with Crippen molar-refractivity contribution in [1.82, 2.24) is 4.98 Å². The zero-order chi connectivity index (χ0) is 14.8. The van der Waals surface area contributed by atoms with E-state index in [1.54, 1.807) is 0 Å². The molecule has 0 spiro atoms. The van der Waals surface area contributed by atoms with E-state index in [-0.39, 0.29) is 0 Å². The Morgan fingerprint density at radius 2 is 2.05 bits per heavy atom. The second kappa shape index (κ2) is 5.60. The topological polar surface area (TPSA) is 52.0 Å². The Labute approximate surface area is 124 Å². The van der Waals surface area contributed by atoms with Gasteiger partial charge in [-0.1, -0.05) is 32.4 Å². The fourth-order valence-corrected chi connectivity index (χ4v) is 2.65. The summed E-state index contributed by atoms with van der Waals surface area (Å²) in [6.07, 6.45) is 2.37. The van der Waals surface area contributed by atoms with Crippen LogP contribution in [-0.2, 0) is 0 Å². The number of nitrogen functional groups attached to an aromatic ring is 1. The van der Waals surface area contributed by atoms with Crippen molar-refractivity contribution in [3.63, 3.8) is 0 Å². The van der Waals surface area contributed by atoms with Gasteiger partial charge in [0.2, 0.25) is 5.89 Å². The molecule has 0 saturated heterocycles. The molecule has 3 heteroatoms. The quantitative estimate of drug-likeness (QED) is 0.686. The van der Waals surface area contributed by atoms with Crippen molar-refractivity contribution in [3.05, 3.63) is 48.0 Å². The van der Waals surface area contributed by atoms with Gasteiger partial charge in [0.1, 0.15) is 5.52 Å². The summed E-state index contributed by atoms with van der Waals surface area (Å²) in [6, 6.07) is 13.9. The number of hydrogen-bond donors (Lipinski definition) is 1. The molecule has 108 valence electrons. The third-order valence-electron chi connectivity index (χ3n) is 3.84. The normalized spacial score (nSPS) is 12.7. The number of rotatable bonds is 4. The SMILES string of the molecule is CCC[C@H](C)c1ccc2oc(-c3cccc(N)c3)nc2c1. The standard InChI is InChI=1S/C18H20N2O/c1-3-5-12(2)13-8-9-17-16(11-13)20-18(21-17)14-6-4-7-15(19)10-14/h4,6-12H,3,5,19H2,1-2H3/t12-/m0/s1. The average Bonchev–Trinajstić information content (AvgIpc) is 2.90. The van der Waals surface area contributed by atoms with Crippen LogP contribution in [0.15, 0.2) is 46.9 Å². The largest absolute Gasteiger partial charge is 0.436 e. The molecule has 1 aromatic heterocycles. The lowest BCUT2D eigenvalue weighted by Crippen LogP contribution is -1.92. The van der Waals surface area contributed by atoms with Gasteiger partial charge < -0.3 is 10.2 Å². The van der Waals surface area contributed by atoms with E-state index in [1.807, 2.05) is 30.3 Å². The third kappa shape index (κ3) is 2.77. The lowest BCUT2D eigenvalue weighted by molar-refractivity contribution is 0.619. The smallest absolute Gasteiger partial charge is 0.227 e. The van der Waals surface area contributed by atoms with Gasteiger partial charge in [-0.05, 0) is 48.2 Å². The maximum atomic E-state index is 5.84. The summed E-state index contributed by atoms with van der Waals surface area (Å²) in [6.45, 7) is 4.46. The first kappa shape index (κ1) is 13.7. The Morgan fingerprint density at radius 3 is 2.81 bits per heavy atom. The summed E-state index contributed by atoms with van der Waals surface area (Å²) in [7, 11) is 0. The molecule has 2 aromatic carbocycles. The van der Waals surface area contributed by atoms with Crippen molar-refractivity contribution < 1.29 is 4.42 Å². The number of fused-ring (bicyclic) bond motifs is 1. The predicted molar refractivity (Wildman–Crippen MR) is 87.2 cm³/mol. The molecule has 0 bridgehead atoms. The number of nitrogens with zero attached hydrogens (tertiary/aromatic N) is 1. The number of aromatic nitrogens is 1. The molecule has 0 radical (unpaired) electrons. The Bertz CT molecular complexity index is 761. The fraction of sp³-hybridized carbons (Fsp3) is 0.278. The summed E-state index contributed by atoms with van der Waals surface area (Å²) in [5.74, 6) is 1.17. The molecular weight excluding hydrogens is 260 g/mol. The molecule has 0 aliphatic rings. The highest BCUT2D eigenvalue weighted by molar-refractivity contribution is 5.77. The minimum atomic E-state index is 0.548. The van der Waals surface area contributed by atoms with Crippen molar-refractivity contribution in [3.8, 4) is 11.5 Å². The molecular formula is C18H20N2O. The van der Waals surface area contributed by atoms with Gasteiger partial charge in [0.05, 0.1) is 0 Å². The van der Waals surface area contributed by atoms with Crippen LogP contribution in [-0.4, -0.2) is 4.98 Å². The Hall–Kier alpha value is -2.29. The van der Waals surface area contributed by atoms with E-state index in [4.69, 9.17) is 10.2 Å². The molecule has 21 heavy (non-hydrogen) atoms. The Balaban J connectivity index is 2.00. The Kier molecular flexibility index (Phi) is 3.65. The number of anilines is 1.